The lowest BCUT2D eigenvalue weighted by atomic mass is 10.2. The minimum absolute atomic E-state index is 0.0288. The van der Waals surface area contributed by atoms with Crippen LogP contribution in [0.4, 0.5) is 5.82 Å². The van der Waals surface area contributed by atoms with Gasteiger partial charge in [0.1, 0.15) is 22.5 Å². The molecule has 0 spiro atoms. The number of hydrogen-bond acceptors (Lipinski definition) is 8. The second kappa shape index (κ2) is 6.10. The minimum atomic E-state index is -0.0288. The summed E-state index contributed by atoms with van der Waals surface area (Å²) in [4.78, 5) is 17.1. The van der Waals surface area contributed by atoms with E-state index in [2.05, 4.69) is 38.4 Å². The Kier molecular flexibility index (Phi) is 3.93. The van der Waals surface area contributed by atoms with Crippen LogP contribution in [-0.2, 0) is 11.2 Å². The average molecular weight is 345 g/mol. The quantitative estimate of drug-likeness (QED) is 0.719. The zero-order chi connectivity index (χ0) is 16.7. The number of anilines is 1. The van der Waals surface area contributed by atoms with Crippen LogP contribution in [0.3, 0.4) is 0 Å². The molecule has 0 bridgehead atoms. The van der Waals surface area contributed by atoms with Gasteiger partial charge >= 0.3 is 0 Å². The van der Waals surface area contributed by atoms with Crippen LogP contribution in [0.1, 0.15) is 36.9 Å². The van der Waals surface area contributed by atoms with E-state index < -0.39 is 0 Å². The van der Waals surface area contributed by atoms with E-state index in [1.807, 2.05) is 6.92 Å². The summed E-state index contributed by atoms with van der Waals surface area (Å²) in [6.45, 7) is 4.64. The van der Waals surface area contributed by atoms with Crippen LogP contribution in [0.2, 0.25) is 0 Å². The molecule has 7 nitrogen and oxygen atoms in total. The minimum Gasteiger partial charge on any atom is -0.380 e. The SMILES string of the molecule is CCc1nc(N2CC(OC)CC2c2nc(C)no2)c2ccsc2n1. The molecule has 1 aliphatic rings. The Bertz CT molecular complexity index is 861. The molecule has 1 fully saturated rings. The highest BCUT2D eigenvalue weighted by Crippen LogP contribution is 2.39. The number of hydrogen-bond donors (Lipinski definition) is 0. The summed E-state index contributed by atoms with van der Waals surface area (Å²) < 4.78 is 11.0. The Morgan fingerprint density at radius 2 is 2.25 bits per heavy atom. The van der Waals surface area contributed by atoms with Gasteiger partial charge in [-0.1, -0.05) is 12.1 Å². The molecule has 4 rings (SSSR count). The molecule has 1 saturated heterocycles. The highest BCUT2D eigenvalue weighted by molar-refractivity contribution is 7.16. The Morgan fingerprint density at radius 1 is 1.38 bits per heavy atom. The lowest BCUT2D eigenvalue weighted by Gasteiger charge is -2.23. The molecule has 0 N–H and O–H groups in total. The van der Waals surface area contributed by atoms with Gasteiger partial charge in [-0.2, -0.15) is 4.98 Å². The first-order valence-corrected chi connectivity index (χ1v) is 8.91. The van der Waals surface area contributed by atoms with Crippen LogP contribution in [0, 0.1) is 6.92 Å². The first-order chi connectivity index (χ1) is 11.7. The highest BCUT2D eigenvalue weighted by atomic mass is 32.1. The van der Waals surface area contributed by atoms with Crippen LogP contribution in [-0.4, -0.2) is 39.9 Å². The number of aromatic nitrogens is 4. The van der Waals surface area contributed by atoms with Crippen molar-refractivity contribution < 1.29 is 9.26 Å². The van der Waals surface area contributed by atoms with E-state index in [1.165, 1.54) is 0 Å². The highest BCUT2D eigenvalue weighted by Gasteiger charge is 2.38. The molecule has 8 heteroatoms. The third-order valence-electron chi connectivity index (χ3n) is 4.36. The number of methoxy groups -OCH3 is 1. The molecule has 3 aromatic heterocycles. The van der Waals surface area contributed by atoms with Crippen molar-refractivity contribution in [2.24, 2.45) is 0 Å². The summed E-state index contributed by atoms with van der Waals surface area (Å²) in [7, 11) is 1.74. The van der Waals surface area contributed by atoms with Crippen LogP contribution in [0.25, 0.3) is 10.2 Å². The van der Waals surface area contributed by atoms with Gasteiger partial charge in [0, 0.05) is 26.5 Å². The smallest absolute Gasteiger partial charge is 0.249 e. The normalized spacial score (nSPS) is 21.0. The lowest BCUT2D eigenvalue weighted by Crippen LogP contribution is -2.26. The number of aryl methyl sites for hydroxylation is 2. The van der Waals surface area contributed by atoms with Crippen molar-refractivity contribution in [3.63, 3.8) is 0 Å². The van der Waals surface area contributed by atoms with E-state index in [0.717, 1.165) is 41.2 Å². The summed E-state index contributed by atoms with van der Waals surface area (Å²) in [5.41, 5.74) is 0. The molecule has 24 heavy (non-hydrogen) atoms. The van der Waals surface area contributed by atoms with Crippen molar-refractivity contribution in [1.29, 1.82) is 0 Å². The van der Waals surface area contributed by atoms with Crippen LogP contribution in [0.15, 0.2) is 16.0 Å². The molecule has 0 saturated carbocycles. The zero-order valence-corrected chi connectivity index (χ0v) is 14.7. The molecule has 0 radical (unpaired) electrons. The van der Waals surface area contributed by atoms with Crippen molar-refractivity contribution >= 4 is 27.4 Å². The van der Waals surface area contributed by atoms with Crippen molar-refractivity contribution in [3.05, 3.63) is 29.0 Å². The van der Waals surface area contributed by atoms with Gasteiger partial charge in [0.05, 0.1) is 11.5 Å². The maximum atomic E-state index is 5.60. The van der Waals surface area contributed by atoms with Gasteiger partial charge in [0.2, 0.25) is 5.89 Å². The molecule has 3 aromatic rings. The van der Waals surface area contributed by atoms with Gasteiger partial charge in [-0.3, -0.25) is 0 Å². The Morgan fingerprint density at radius 3 is 2.96 bits per heavy atom. The maximum absolute atomic E-state index is 5.60. The number of fused-ring (bicyclic) bond motifs is 1. The second-order valence-corrected chi connectivity index (χ2v) is 6.79. The third-order valence-corrected chi connectivity index (χ3v) is 5.17. The first kappa shape index (κ1) is 15.5. The molecule has 4 heterocycles. The molecule has 1 aliphatic heterocycles. The van der Waals surface area contributed by atoms with Gasteiger partial charge in [0.15, 0.2) is 5.82 Å². The molecular weight excluding hydrogens is 326 g/mol. The van der Waals surface area contributed by atoms with Crippen LogP contribution < -0.4 is 4.90 Å². The molecule has 0 aromatic carbocycles. The van der Waals surface area contributed by atoms with Gasteiger partial charge < -0.3 is 14.2 Å². The maximum Gasteiger partial charge on any atom is 0.249 e. The fourth-order valence-electron chi connectivity index (χ4n) is 3.14. The second-order valence-electron chi connectivity index (χ2n) is 5.90. The summed E-state index contributed by atoms with van der Waals surface area (Å²) >= 11 is 1.64. The first-order valence-electron chi connectivity index (χ1n) is 8.03. The van der Waals surface area contributed by atoms with E-state index in [0.29, 0.717) is 11.7 Å². The van der Waals surface area contributed by atoms with Crippen molar-refractivity contribution in [2.75, 3.05) is 18.6 Å². The largest absolute Gasteiger partial charge is 0.380 e. The predicted octanol–water partition coefficient (Wildman–Crippen LogP) is 2.91. The van der Waals surface area contributed by atoms with Crippen molar-refractivity contribution in [1.82, 2.24) is 20.1 Å². The number of ether oxygens (including phenoxy) is 1. The number of rotatable bonds is 4. The van der Waals surface area contributed by atoms with E-state index in [1.54, 1.807) is 18.4 Å². The predicted molar refractivity (Wildman–Crippen MR) is 91.3 cm³/mol. The lowest BCUT2D eigenvalue weighted by molar-refractivity contribution is 0.117. The Balaban J connectivity index is 1.82. The van der Waals surface area contributed by atoms with E-state index in [4.69, 9.17) is 14.2 Å². The third kappa shape index (κ3) is 2.55. The van der Waals surface area contributed by atoms with Crippen LogP contribution in [0.5, 0.6) is 0 Å². The topological polar surface area (TPSA) is 77.2 Å². The van der Waals surface area contributed by atoms with Crippen LogP contribution >= 0.6 is 11.3 Å². The number of thiophene rings is 1. The van der Waals surface area contributed by atoms with Gasteiger partial charge in [-0.15, -0.1) is 11.3 Å². The fraction of sp³-hybridized carbons (Fsp3) is 0.500. The molecule has 2 atom stereocenters. The van der Waals surface area contributed by atoms with E-state index in [-0.39, 0.29) is 12.1 Å². The van der Waals surface area contributed by atoms with Gasteiger partial charge in [-0.05, 0) is 18.4 Å². The molecule has 126 valence electrons. The molecular formula is C16H19N5O2S. The monoisotopic (exact) mass is 345 g/mol. The summed E-state index contributed by atoms with van der Waals surface area (Å²) in [5, 5.41) is 7.06. The summed E-state index contributed by atoms with van der Waals surface area (Å²) in [6.07, 6.45) is 1.71. The van der Waals surface area contributed by atoms with Gasteiger partial charge in [-0.25, -0.2) is 9.97 Å². The standard InChI is InChI=1S/C16H19N5O2S/c1-4-13-18-14(11-5-6-24-16(11)19-13)21-8-10(22-3)7-12(21)15-17-9(2)20-23-15/h5-6,10,12H,4,7-8H2,1-3H3. The molecule has 2 unspecified atom stereocenters. The zero-order valence-electron chi connectivity index (χ0n) is 13.9. The Hall–Kier alpha value is -2.06. The fourth-order valence-corrected chi connectivity index (χ4v) is 3.92. The van der Waals surface area contributed by atoms with Crippen molar-refractivity contribution in [2.45, 2.75) is 38.8 Å². The van der Waals surface area contributed by atoms with E-state index >= 15 is 0 Å². The van der Waals surface area contributed by atoms with E-state index in [9.17, 15) is 0 Å². The number of nitrogens with zero attached hydrogens (tertiary/aromatic N) is 5. The van der Waals surface area contributed by atoms with Crippen molar-refractivity contribution in [3.8, 4) is 0 Å². The summed E-state index contributed by atoms with van der Waals surface area (Å²) in [5.74, 6) is 3.04. The average Bonchev–Trinajstić information content (AvgIpc) is 3.31. The molecule has 0 aliphatic carbocycles. The summed E-state index contributed by atoms with van der Waals surface area (Å²) in [6, 6.07) is 2.05. The molecule has 0 amide bonds. The van der Waals surface area contributed by atoms with Gasteiger partial charge in [0.25, 0.3) is 0 Å². The Labute approximate surface area is 143 Å².